The molecule has 1 heterocycles. The molecule has 108 valence electrons. The number of nitrogens with zero attached hydrogens (tertiary/aromatic N) is 2. The molecule has 0 saturated heterocycles. The van der Waals surface area contributed by atoms with E-state index in [4.69, 9.17) is 10.5 Å². The van der Waals surface area contributed by atoms with Crippen molar-refractivity contribution in [3.8, 4) is 0 Å². The van der Waals surface area contributed by atoms with E-state index in [-0.39, 0.29) is 18.4 Å². The molecule has 5 heteroatoms. The van der Waals surface area contributed by atoms with Gasteiger partial charge in [-0.2, -0.15) is 5.10 Å². The highest BCUT2D eigenvalue weighted by Crippen LogP contribution is 2.17. The van der Waals surface area contributed by atoms with Gasteiger partial charge >= 0.3 is 5.97 Å². The lowest BCUT2D eigenvalue weighted by Crippen LogP contribution is -2.33. The molecule has 0 aliphatic rings. The maximum absolute atomic E-state index is 12.1. The summed E-state index contributed by atoms with van der Waals surface area (Å²) in [5, 5.41) is 4.37. The Morgan fingerprint density at radius 2 is 2.16 bits per heavy atom. The summed E-state index contributed by atoms with van der Waals surface area (Å²) in [6.45, 7) is 7.92. The van der Waals surface area contributed by atoms with Gasteiger partial charge < -0.3 is 10.5 Å². The van der Waals surface area contributed by atoms with Crippen LogP contribution >= 0.6 is 0 Å². The van der Waals surface area contributed by atoms with Crippen molar-refractivity contribution in [2.75, 3.05) is 6.54 Å². The smallest absolute Gasteiger partial charge is 0.311 e. The number of nitrogens with two attached hydrogens (primary N) is 1. The number of rotatable bonds is 5. The molecule has 0 aromatic carbocycles. The van der Waals surface area contributed by atoms with Gasteiger partial charge in [0.1, 0.15) is 5.60 Å². The zero-order valence-electron chi connectivity index (χ0n) is 12.6. The van der Waals surface area contributed by atoms with Crippen LogP contribution in [0.2, 0.25) is 0 Å². The van der Waals surface area contributed by atoms with Crippen LogP contribution in [0.1, 0.15) is 39.0 Å². The number of hydrogen-bond acceptors (Lipinski definition) is 4. The van der Waals surface area contributed by atoms with Gasteiger partial charge in [-0.25, -0.2) is 0 Å². The van der Waals surface area contributed by atoms with Crippen LogP contribution in [0, 0.1) is 5.92 Å². The fourth-order valence-corrected chi connectivity index (χ4v) is 1.97. The number of ether oxygens (including phenoxy) is 1. The Hall–Kier alpha value is -1.36. The van der Waals surface area contributed by atoms with E-state index >= 15 is 0 Å². The quantitative estimate of drug-likeness (QED) is 0.820. The number of aromatic nitrogens is 2. The third kappa shape index (κ3) is 4.67. The van der Waals surface area contributed by atoms with Gasteiger partial charge in [0.05, 0.1) is 11.6 Å². The summed E-state index contributed by atoms with van der Waals surface area (Å²) in [4.78, 5) is 12.1. The van der Waals surface area contributed by atoms with Crippen LogP contribution in [0.4, 0.5) is 0 Å². The normalized spacial score (nSPS) is 13.4. The van der Waals surface area contributed by atoms with Crippen molar-refractivity contribution in [1.82, 2.24) is 9.78 Å². The first-order chi connectivity index (χ1) is 8.76. The molecule has 1 aromatic heterocycles. The van der Waals surface area contributed by atoms with E-state index in [1.165, 1.54) is 0 Å². The summed E-state index contributed by atoms with van der Waals surface area (Å²) in [6.07, 6.45) is 3.38. The summed E-state index contributed by atoms with van der Waals surface area (Å²) in [5.41, 5.74) is 7.32. The van der Waals surface area contributed by atoms with E-state index in [1.54, 1.807) is 4.68 Å². The van der Waals surface area contributed by atoms with Crippen molar-refractivity contribution in [1.29, 1.82) is 0 Å². The molecular weight excluding hydrogens is 242 g/mol. The first-order valence-electron chi connectivity index (χ1n) is 6.71. The molecule has 0 spiro atoms. The molecular formula is C14H25N3O2. The van der Waals surface area contributed by atoms with E-state index in [2.05, 4.69) is 12.0 Å². The van der Waals surface area contributed by atoms with Gasteiger partial charge in [-0.1, -0.05) is 6.92 Å². The van der Waals surface area contributed by atoms with Crippen LogP contribution in [0.25, 0.3) is 0 Å². The van der Waals surface area contributed by atoms with Crippen molar-refractivity contribution in [3.05, 3.63) is 17.5 Å². The van der Waals surface area contributed by atoms with Crippen LogP contribution in [0.3, 0.4) is 0 Å². The predicted octanol–water partition coefficient (Wildman–Crippen LogP) is 1.44. The van der Waals surface area contributed by atoms with Gasteiger partial charge in [-0.15, -0.1) is 0 Å². The van der Waals surface area contributed by atoms with E-state index in [9.17, 15) is 4.79 Å². The highest BCUT2D eigenvalue weighted by Gasteiger charge is 2.25. The number of carbonyl (C=O) groups excluding carboxylic acids is 1. The molecule has 1 rings (SSSR count). The van der Waals surface area contributed by atoms with Crippen molar-refractivity contribution < 1.29 is 9.53 Å². The van der Waals surface area contributed by atoms with Gasteiger partial charge in [0.15, 0.2) is 0 Å². The Morgan fingerprint density at radius 1 is 1.53 bits per heavy atom. The van der Waals surface area contributed by atoms with Crippen molar-refractivity contribution in [3.63, 3.8) is 0 Å². The Kier molecular flexibility index (Phi) is 5.11. The molecule has 2 N–H and O–H groups in total. The fourth-order valence-electron chi connectivity index (χ4n) is 1.97. The lowest BCUT2D eigenvalue weighted by molar-refractivity contribution is -0.159. The molecule has 0 aliphatic heterocycles. The third-order valence-corrected chi connectivity index (χ3v) is 2.82. The average Bonchev–Trinajstić information content (AvgIpc) is 2.63. The highest BCUT2D eigenvalue weighted by atomic mass is 16.6. The molecule has 0 bridgehead atoms. The Labute approximate surface area is 115 Å². The number of esters is 1. The molecule has 19 heavy (non-hydrogen) atoms. The van der Waals surface area contributed by atoms with E-state index in [1.807, 2.05) is 34.0 Å². The van der Waals surface area contributed by atoms with Crippen molar-refractivity contribution in [2.24, 2.45) is 18.7 Å². The molecule has 0 aliphatic carbocycles. The lowest BCUT2D eigenvalue weighted by atomic mass is 9.99. The first-order valence-corrected chi connectivity index (χ1v) is 6.71. The topological polar surface area (TPSA) is 70.1 Å². The van der Waals surface area contributed by atoms with Gasteiger partial charge in [0, 0.05) is 19.8 Å². The standard InChI is InChI=1S/C14H25N3O2/c1-6-12-11(9-17(5)16-12)7-10(8-15)13(18)19-14(2,3)4/h9-10H,6-8,15H2,1-5H3. The van der Waals surface area contributed by atoms with Gasteiger partial charge in [-0.05, 0) is 39.2 Å². The van der Waals surface area contributed by atoms with Crippen molar-refractivity contribution in [2.45, 2.75) is 46.1 Å². The molecule has 5 nitrogen and oxygen atoms in total. The van der Waals surface area contributed by atoms with Crippen LogP contribution in [0.5, 0.6) is 0 Å². The molecule has 0 amide bonds. The Bertz CT molecular complexity index is 432. The summed E-state index contributed by atoms with van der Waals surface area (Å²) in [5.74, 6) is -0.547. The van der Waals surface area contributed by atoms with Crippen molar-refractivity contribution >= 4 is 5.97 Å². The van der Waals surface area contributed by atoms with E-state index in [0.29, 0.717) is 6.42 Å². The largest absolute Gasteiger partial charge is 0.460 e. The Balaban J connectivity index is 2.79. The summed E-state index contributed by atoms with van der Waals surface area (Å²) >= 11 is 0. The minimum Gasteiger partial charge on any atom is -0.460 e. The Morgan fingerprint density at radius 3 is 2.63 bits per heavy atom. The minimum absolute atomic E-state index is 0.235. The minimum atomic E-state index is -0.479. The van der Waals surface area contributed by atoms with Gasteiger partial charge in [-0.3, -0.25) is 9.48 Å². The maximum Gasteiger partial charge on any atom is 0.311 e. The van der Waals surface area contributed by atoms with Gasteiger partial charge in [0.25, 0.3) is 0 Å². The highest BCUT2D eigenvalue weighted by molar-refractivity contribution is 5.73. The maximum atomic E-state index is 12.1. The van der Waals surface area contributed by atoms with Crippen LogP contribution < -0.4 is 5.73 Å². The zero-order valence-corrected chi connectivity index (χ0v) is 12.6. The van der Waals surface area contributed by atoms with Crippen LogP contribution in [0.15, 0.2) is 6.20 Å². The summed E-state index contributed by atoms with van der Waals surface area (Å²) in [6, 6.07) is 0. The molecule has 1 unspecified atom stereocenters. The monoisotopic (exact) mass is 267 g/mol. The molecule has 1 aromatic rings. The van der Waals surface area contributed by atoms with E-state index < -0.39 is 5.60 Å². The predicted molar refractivity (Wildman–Crippen MR) is 74.7 cm³/mol. The van der Waals surface area contributed by atoms with Gasteiger partial charge in [0.2, 0.25) is 0 Å². The second-order valence-electron chi connectivity index (χ2n) is 5.80. The second-order valence-corrected chi connectivity index (χ2v) is 5.80. The molecule has 1 atom stereocenters. The zero-order chi connectivity index (χ0) is 14.6. The third-order valence-electron chi connectivity index (χ3n) is 2.82. The average molecular weight is 267 g/mol. The van der Waals surface area contributed by atoms with E-state index in [0.717, 1.165) is 17.7 Å². The second kappa shape index (κ2) is 6.19. The first kappa shape index (κ1) is 15.7. The summed E-state index contributed by atoms with van der Waals surface area (Å²) in [7, 11) is 1.88. The number of aryl methyl sites for hydroxylation is 2. The molecule has 0 saturated carbocycles. The lowest BCUT2D eigenvalue weighted by Gasteiger charge is -2.23. The number of carbonyl (C=O) groups is 1. The summed E-state index contributed by atoms with van der Waals surface area (Å²) < 4.78 is 7.17. The van der Waals surface area contributed by atoms with Crippen LogP contribution in [-0.2, 0) is 29.4 Å². The number of hydrogen-bond donors (Lipinski definition) is 1. The fraction of sp³-hybridized carbons (Fsp3) is 0.714. The van der Waals surface area contributed by atoms with Crippen LogP contribution in [-0.4, -0.2) is 27.9 Å². The SMILES string of the molecule is CCc1nn(C)cc1CC(CN)C(=O)OC(C)(C)C. The molecule has 0 fully saturated rings. The molecule has 0 radical (unpaired) electrons.